The quantitative estimate of drug-likeness (QED) is 0.135. The van der Waals surface area contributed by atoms with Crippen LogP contribution < -0.4 is 10.7 Å². The molecule has 40 heavy (non-hydrogen) atoms. The number of carbonyl (C=O) groups is 2. The Kier molecular flexibility index (Phi) is 8.79. The van der Waals surface area contributed by atoms with Crippen molar-refractivity contribution < 1.29 is 19.6 Å². The highest BCUT2D eigenvalue weighted by Crippen LogP contribution is 2.25. The van der Waals surface area contributed by atoms with E-state index in [-0.39, 0.29) is 35.7 Å². The Hall–Kier alpha value is -5.56. The molecule has 0 fully saturated rings. The molecule has 0 aromatic heterocycles. The number of amides is 2. The number of hydrogen-bond donors (Lipinski definition) is 3. The number of anilines is 1. The first-order valence-electron chi connectivity index (χ1n) is 12.4. The predicted octanol–water partition coefficient (Wildman–Crippen LogP) is 5.66. The van der Waals surface area contributed by atoms with Gasteiger partial charge in [0.2, 0.25) is 5.91 Å². The monoisotopic (exact) mass is 535 g/mol. The minimum absolute atomic E-state index is 0.0337. The molecule has 0 bridgehead atoms. The Labute approximate surface area is 229 Å². The van der Waals surface area contributed by atoms with E-state index in [1.807, 2.05) is 30.3 Å². The lowest BCUT2D eigenvalue weighted by Crippen LogP contribution is -2.23. The topological polar surface area (TPSA) is 158 Å². The number of hydrogen-bond acceptors (Lipinski definition) is 7. The molecule has 0 aliphatic carbocycles. The number of fused-ring (bicyclic) bond motifs is 1. The normalized spacial score (nSPS) is 11.8. The lowest BCUT2D eigenvalue weighted by atomic mass is 9.92. The number of hydrazone groups is 1. The summed E-state index contributed by atoms with van der Waals surface area (Å²) in [5, 5.41) is 39.8. The van der Waals surface area contributed by atoms with Crippen LogP contribution in [0, 0.1) is 21.4 Å². The Balaban J connectivity index is 1.49. The zero-order valence-electron chi connectivity index (χ0n) is 21.3. The van der Waals surface area contributed by atoms with Crippen LogP contribution in [0.1, 0.15) is 41.1 Å². The van der Waals surface area contributed by atoms with Gasteiger partial charge >= 0.3 is 0 Å². The molecule has 0 heterocycles. The maximum atomic E-state index is 12.9. The van der Waals surface area contributed by atoms with Crippen LogP contribution in [-0.2, 0) is 4.79 Å². The molecule has 10 nitrogen and oxygen atoms in total. The summed E-state index contributed by atoms with van der Waals surface area (Å²) in [5.74, 6) is -2.00. The summed E-state index contributed by atoms with van der Waals surface area (Å²) in [6.45, 7) is 0. The second-order valence-corrected chi connectivity index (χ2v) is 8.94. The molecular formula is C30H25N5O5. The van der Waals surface area contributed by atoms with Gasteiger partial charge in [-0.05, 0) is 47.4 Å². The number of nitro benzene ring substituents is 1. The van der Waals surface area contributed by atoms with Gasteiger partial charge in [-0.3, -0.25) is 19.7 Å². The van der Waals surface area contributed by atoms with Gasteiger partial charge in [-0.2, -0.15) is 10.4 Å². The summed E-state index contributed by atoms with van der Waals surface area (Å²) in [6.07, 6.45) is 0.551. The molecule has 1 atom stereocenters. The minimum atomic E-state index is -0.786. The summed E-state index contributed by atoms with van der Waals surface area (Å²) >= 11 is 0. The zero-order chi connectivity index (χ0) is 28.5. The number of aromatic hydroxyl groups is 1. The van der Waals surface area contributed by atoms with Crippen LogP contribution in [-0.4, -0.2) is 27.6 Å². The van der Waals surface area contributed by atoms with Crippen LogP contribution >= 0.6 is 0 Å². The van der Waals surface area contributed by atoms with Crippen molar-refractivity contribution >= 4 is 39.7 Å². The molecule has 4 rings (SSSR count). The van der Waals surface area contributed by atoms with Gasteiger partial charge in [0.05, 0.1) is 22.3 Å². The minimum Gasteiger partial charge on any atom is -0.507 e. The van der Waals surface area contributed by atoms with Crippen LogP contribution in [0.15, 0.2) is 96.1 Å². The number of phenols is 1. The number of non-ortho nitro benzene ring substituents is 1. The van der Waals surface area contributed by atoms with E-state index in [0.29, 0.717) is 23.4 Å². The van der Waals surface area contributed by atoms with Gasteiger partial charge in [-0.25, -0.2) is 5.43 Å². The molecule has 10 heteroatoms. The number of nitriles is 1. The third-order valence-electron chi connectivity index (χ3n) is 6.18. The molecule has 1 unspecified atom stereocenters. The number of nitro groups is 1. The second-order valence-electron chi connectivity index (χ2n) is 8.94. The Morgan fingerprint density at radius 1 is 0.950 bits per heavy atom. The number of nitrogens with zero attached hydrogens (tertiary/aromatic N) is 3. The first kappa shape index (κ1) is 27.5. The standard InChI is InChI=1S/C30H25N5O5/c31-19-26(20-8-2-1-3-9-20)27(14-7-15-29(37)32-23-12-6-13-24(18-23)35(39)40)33-34-30(38)25-16-21-10-4-5-11-22(21)17-28(25)36/h1-6,8-13,16-18,26,36H,7,14-15H2,(H,32,37)(H,34,38). The maximum Gasteiger partial charge on any atom is 0.275 e. The summed E-state index contributed by atoms with van der Waals surface area (Å²) in [7, 11) is 0. The van der Waals surface area contributed by atoms with E-state index >= 15 is 0 Å². The van der Waals surface area contributed by atoms with E-state index in [1.54, 1.807) is 36.4 Å². The van der Waals surface area contributed by atoms with Crippen molar-refractivity contribution in [3.05, 3.63) is 112 Å². The first-order valence-corrected chi connectivity index (χ1v) is 12.4. The highest BCUT2D eigenvalue weighted by Gasteiger charge is 2.20. The average Bonchev–Trinajstić information content (AvgIpc) is 2.96. The fourth-order valence-corrected chi connectivity index (χ4v) is 4.20. The van der Waals surface area contributed by atoms with Crippen molar-refractivity contribution in [2.24, 2.45) is 5.10 Å². The molecule has 0 saturated heterocycles. The summed E-state index contributed by atoms with van der Waals surface area (Å²) in [5.41, 5.74) is 3.67. The summed E-state index contributed by atoms with van der Waals surface area (Å²) < 4.78 is 0. The molecule has 0 aliphatic heterocycles. The average molecular weight is 536 g/mol. The van der Waals surface area contributed by atoms with E-state index in [1.165, 1.54) is 24.3 Å². The largest absolute Gasteiger partial charge is 0.507 e. The van der Waals surface area contributed by atoms with Gasteiger partial charge in [0.25, 0.3) is 11.6 Å². The third-order valence-corrected chi connectivity index (χ3v) is 6.18. The number of nitrogens with one attached hydrogen (secondary N) is 2. The van der Waals surface area contributed by atoms with Crippen molar-refractivity contribution in [1.29, 1.82) is 5.26 Å². The number of benzene rings is 4. The second kappa shape index (κ2) is 12.8. The lowest BCUT2D eigenvalue weighted by molar-refractivity contribution is -0.384. The molecule has 0 aliphatic rings. The molecule has 2 amide bonds. The molecule has 0 spiro atoms. The highest BCUT2D eigenvalue weighted by atomic mass is 16.6. The predicted molar refractivity (Wildman–Crippen MR) is 151 cm³/mol. The van der Waals surface area contributed by atoms with Crippen LogP contribution in [0.3, 0.4) is 0 Å². The smallest absolute Gasteiger partial charge is 0.275 e. The third kappa shape index (κ3) is 6.85. The molecule has 0 radical (unpaired) electrons. The van der Waals surface area contributed by atoms with Crippen LogP contribution in [0.4, 0.5) is 11.4 Å². The van der Waals surface area contributed by atoms with E-state index in [4.69, 9.17) is 0 Å². The number of rotatable bonds is 10. The fraction of sp³-hybridized carbons (Fsp3) is 0.133. The van der Waals surface area contributed by atoms with Crippen molar-refractivity contribution in [1.82, 2.24) is 5.43 Å². The molecule has 4 aromatic rings. The Morgan fingerprint density at radius 3 is 2.35 bits per heavy atom. The molecule has 0 saturated carbocycles. The van der Waals surface area contributed by atoms with Gasteiger partial charge in [-0.15, -0.1) is 0 Å². The fourth-order valence-electron chi connectivity index (χ4n) is 4.20. The SMILES string of the molecule is N#CC(C(CCCC(=O)Nc1cccc([N+](=O)[O-])c1)=NNC(=O)c1cc2ccccc2cc1O)c1ccccc1. The van der Waals surface area contributed by atoms with Crippen LogP contribution in [0.25, 0.3) is 10.8 Å². The van der Waals surface area contributed by atoms with Gasteiger partial charge in [0.1, 0.15) is 11.7 Å². The Morgan fingerprint density at radius 2 is 1.65 bits per heavy atom. The first-order chi connectivity index (χ1) is 19.4. The summed E-state index contributed by atoms with van der Waals surface area (Å²) in [4.78, 5) is 35.9. The Bertz CT molecular complexity index is 1630. The van der Waals surface area contributed by atoms with E-state index in [0.717, 1.165) is 10.8 Å². The van der Waals surface area contributed by atoms with Crippen LogP contribution in [0.2, 0.25) is 0 Å². The molecular weight excluding hydrogens is 510 g/mol. The molecule has 200 valence electrons. The van der Waals surface area contributed by atoms with Gasteiger partial charge in [0, 0.05) is 24.2 Å². The highest BCUT2D eigenvalue weighted by molar-refractivity contribution is 6.02. The van der Waals surface area contributed by atoms with E-state index < -0.39 is 16.7 Å². The molecule has 4 aromatic carbocycles. The maximum absolute atomic E-state index is 12.9. The number of phenolic OH excluding ortho intramolecular Hbond substituents is 1. The number of carbonyl (C=O) groups excluding carboxylic acids is 2. The summed E-state index contributed by atoms with van der Waals surface area (Å²) in [6, 6.07) is 27.1. The van der Waals surface area contributed by atoms with E-state index in [9.17, 15) is 30.1 Å². The van der Waals surface area contributed by atoms with Gasteiger partial charge < -0.3 is 10.4 Å². The van der Waals surface area contributed by atoms with Crippen molar-refractivity contribution in [2.45, 2.75) is 25.2 Å². The van der Waals surface area contributed by atoms with Crippen molar-refractivity contribution in [2.75, 3.05) is 5.32 Å². The van der Waals surface area contributed by atoms with Gasteiger partial charge in [0.15, 0.2) is 0 Å². The van der Waals surface area contributed by atoms with Crippen LogP contribution in [0.5, 0.6) is 5.75 Å². The lowest BCUT2D eigenvalue weighted by Gasteiger charge is -2.14. The molecule has 3 N–H and O–H groups in total. The zero-order valence-corrected chi connectivity index (χ0v) is 21.3. The van der Waals surface area contributed by atoms with Gasteiger partial charge in [-0.1, -0.05) is 60.7 Å². The van der Waals surface area contributed by atoms with Crippen molar-refractivity contribution in [3.63, 3.8) is 0 Å². The van der Waals surface area contributed by atoms with E-state index in [2.05, 4.69) is 21.9 Å². The van der Waals surface area contributed by atoms with Crippen molar-refractivity contribution in [3.8, 4) is 11.8 Å².